The van der Waals surface area contributed by atoms with Crippen molar-refractivity contribution in [1.29, 1.82) is 0 Å². The van der Waals surface area contributed by atoms with Gasteiger partial charge in [-0.1, -0.05) is 6.92 Å². The fourth-order valence-electron chi connectivity index (χ4n) is 3.91. The van der Waals surface area contributed by atoms with Crippen LogP contribution in [-0.2, 0) is 20.7 Å². The fraction of sp³-hybridized carbons (Fsp3) is 0.611. The van der Waals surface area contributed by atoms with Crippen LogP contribution in [0.3, 0.4) is 0 Å². The van der Waals surface area contributed by atoms with Crippen LogP contribution in [0.5, 0.6) is 5.75 Å². The van der Waals surface area contributed by atoms with Crippen molar-refractivity contribution in [2.45, 2.75) is 57.5 Å². The minimum atomic E-state index is -0.629. The molecule has 3 rings (SSSR count). The van der Waals surface area contributed by atoms with Gasteiger partial charge in [-0.15, -0.1) is 0 Å². The molecular weight excluding hydrogens is 318 g/mol. The lowest BCUT2D eigenvalue weighted by Gasteiger charge is -2.40. The molecule has 1 aliphatic heterocycles. The molecule has 0 N–H and O–H groups in total. The summed E-state index contributed by atoms with van der Waals surface area (Å²) in [5.41, 5.74) is -0.357. The Kier molecular flexibility index (Phi) is 4.62. The number of ketones is 1. The van der Waals surface area contributed by atoms with E-state index < -0.39 is 23.5 Å². The summed E-state index contributed by atoms with van der Waals surface area (Å²) in [6.07, 6.45) is 0.857. The molecule has 2 fully saturated rings. The SMILES string of the molecule is COc1cc(F)c(CC(C)[C@]23CCC(=O)C[C@H]2OC(C)O3)cc1F. The van der Waals surface area contributed by atoms with Gasteiger partial charge in [0.15, 0.2) is 17.9 Å². The van der Waals surface area contributed by atoms with Crippen LogP contribution in [0, 0.1) is 17.6 Å². The maximum Gasteiger partial charge on any atom is 0.165 e. The Morgan fingerprint density at radius 2 is 2.12 bits per heavy atom. The van der Waals surface area contributed by atoms with Gasteiger partial charge in [0.1, 0.15) is 17.2 Å². The lowest BCUT2D eigenvalue weighted by molar-refractivity contribution is -0.132. The predicted molar refractivity (Wildman–Crippen MR) is 82.8 cm³/mol. The van der Waals surface area contributed by atoms with E-state index in [0.717, 1.165) is 6.07 Å². The van der Waals surface area contributed by atoms with Gasteiger partial charge in [-0.3, -0.25) is 4.79 Å². The molecule has 1 aliphatic carbocycles. The number of carbonyl (C=O) groups is 1. The van der Waals surface area contributed by atoms with Crippen molar-refractivity contribution >= 4 is 5.78 Å². The van der Waals surface area contributed by atoms with Gasteiger partial charge in [0.2, 0.25) is 0 Å². The summed E-state index contributed by atoms with van der Waals surface area (Å²) in [4.78, 5) is 11.7. The molecule has 24 heavy (non-hydrogen) atoms. The molecule has 0 amide bonds. The molecular formula is C18H22F2O4. The molecule has 1 heterocycles. The summed E-state index contributed by atoms with van der Waals surface area (Å²) < 4.78 is 44.8. The summed E-state index contributed by atoms with van der Waals surface area (Å²) in [6.45, 7) is 3.73. The molecule has 1 aromatic carbocycles. The minimum absolute atomic E-state index is 0.114. The van der Waals surface area contributed by atoms with Crippen molar-refractivity contribution in [3.63, 3.8) is 0 Å². The summed E-state index contributed by atoms with van der Waals surface area (Å²) in [5, 5.41) is 0. The molecule has 6 heteroatoms. The molecule has 4 nitrogen and oxygen atoms in total. The highest BCUT2D eigenvalue weighted by atomic mass is 19.1. The second-order valence-corrected chi connectivity index (χ2v) is 6.69. The number of ether oxygens (including phenoxy) is 3. The Bertz CT molecular complexity index is 648. The number of hydrogen-bond acceptors (Lipinski definition) is 4. The lowest BCUT2D eigenvalue weighted by Crippen LogP contribution is -2.50. The number of methoxy groups -OCH3 is 1. The number of hydrogen-bond donors (Lipinski definition) is 0. The number of benzene rings is 1. The fourth-order valence-corrected chi connectivity index (χ4v) is 3.91. The van der Waals surface area contributed by atoms with Crippen LogP contribution in [0.4, 0.5) is 8.78 Å². The zero-order chi connectivity index (χ0) is 17.5. The Balaban J connectivity index is 1.85. The molecule has 1 saturated carbocycles. The van der Waals surface area contributed by atoms with Gasteiger partial charge in [0.05, 0.1) is 13.2 Å². The van der Waals surface area contributed by atoms with E-state index in [1.807, 2.05) is 6.92 Å². The topological polar surface area (TPSA) is 44.8 Å². The van der Waals surface area contributed by atoms with Crippen molar-refractivity contribution in [3.05, 3.63) is 29.3 Å². The van der Waals surface area contributed by atoms with Gasteiger partial charge >= 0.3 is 0 Å². The number of Topliss-reactive ketones (excluding diaryl/α,β-unsaturated/α-hetero) is 1. The first-order chi connectivity index (χ1) is 11.4. The Labute approximate surface area is 140 Å². The van der Waals surface area contributed by atoms with Crippen LogP contribution in [0.15, 0.2) is 12.1 Å². The minimum Gasteiger partial charge on any atom is -0.494 e. The van der Waals surface area contributed by atoms with E-state index in [1.165, 1.54) is 13.2 Å². The van der Waals surface area contributed by atoms with Gasteiger partial charge in [0.25, 0.3) is 0 Å². The van der Waals surface area contributed by atoms with Crippen LogP contribution >= 0.6 is 0 Å². The molecule has 0 bridgehead atoms. The van der Waals surface area contributed by atoms with Gasteiger partial charge in [-0.05, 0) is 37.3 Å². The second kappa shape index (κ2) is 6.41. The summed E-state index contributed by atoms with van der Waals surface area (Å²) in [6, 6.07) is 2.23. The molecule has 2 aliphatic rings. The molecule has 0 radical (unpaired) electrons. The summed E-state index contributed by atoms with van der Waals surface area (Å²) >= 11 is 0. The van der Waals surface area contributed by atoms with Crippen molar-refractivity contribution in [2.75, 3.05) is 7.11 Å². The third-order valence-corrected chi connectivity index (χ3v) is 5.18. The molecule has 0 spiro atoms. The number of carbonyl (C=O) groups excluding carboxylic acids is 1. The highest BCUT2D eigenvalue weighted by Gasteiger charge is 2.54. The Hall–Kier alpha value is -1.53. The van der Waals surface area contributed by atoms with Crippen molar-refractivity contribution < 1.29 is 27.8 Å². The van der Waals surface area contributed by atoms with Crippen LogP contribution in [0.2, 0.25) is 0 Å². The zero-order valence-electron chi connectivity index (χ0n) is 14.1. The largest absolute Gasteiger partial charge is 0.494 e. The first-order valence-electron chi connectivity index (χ1n) is 8.22. The summed E-state index contributed by atoms with van der Waals surface area (Å²) in [7, 11) is 1.30. The Morgan fingerprint density at radius 1 is 1.38 bits per heavy atom. The van der Waals surface area contributed by atoms with E-state index in [4.69, 9.17) is 14.2 Å². The molecule has 1 aromatic rings. The maximum absolute atomic E-state index is 14.3. The zero-order valence-corrected chi connectivity index (χ0v) is 14.1. The number of halogens is 2. The van der Waals surface area contributed by atoms with Crippen LogP contribution < -0.4 is 4.74 Å². The van der Waals surface area contributed by atoms with Crippen LogP contribution in [0.25, 0.3) is 0 Å². The number of fused-ring (bicyclic) bond motifs is 1. The third-order valence-electron chi connectivity index (χ3n) is 5.18. The lowest BCUT2D eigenvalue weighted by atomic mass is 9.72. The third kappa shape index (κ3) is 2.93. The van der Waals surface area contributed by atoms with Crippen molar-refractivity contribution in [1.82, 2.24) is 0 Å². The van der Waals surface area contributed by atoms with E-state index in [0.29, 0.717) is 25.7 Å². The monoisotopic (exact) mass is 340 g/mol. The standard InChI is InChI=1S/C18H22F2O4/c1-10(6-12-7-15(20)16(22-3)9-14(12)19)18-5-4-13(21)8-17(18)23-11(2)24-18/h7,9-11,17H,4-6,8H2,1-3H3/t10?,11?,17-,18-/m1/s1. The van der Waals surface area contributed by atoms with Gasteiger partial charge < -0.3 is 14.2 Å². The number of rotatable bonds is 4. The second-order valence-electron chi connectivity index (χ2n) is 6.69. The van der Waals surface area contributed by atoms with E-state index in [9.17, 15) is 13.6 Å². The normalized spacial score (nSPS) is 31.0. The van der Waals surface area contributed by atoms with E-state index in [2.05, 4.69) is 0 Å². The van der Waals surface area contributed by atoms with E-state index >= 15 is 0 Å². The van der Waals surface area contributed by atoms with Crippen molar-refractivity contribution in [3.8, 4) is 5.75 Å². The highest BCUT2D eigenvalue weighted by molar-refractivity contribution is 5.80. The van der Waals surface area contributed by atoms with Crippen LogP contribution in [-0.4, -0.2) is 30.9 Å². The van der Waals surface area contributed by atoms with Crippen LogP contribution in [0.1, 0.15) is 38.7 Å². The van der Waals surface area contributed by atoms with Gasteiger partial charge in [-0.25, -0.2) is 8.78 Å². The quantitative estimate of drug-likeness (QED) is 0.843. The molecule has 4 atom stereocenters. The average Bonchev–Trinajstić information content (AvgIpc) is 2.86. The Morgan fingerprint density at radius 3 is 2.83 bits per heavy atom. The smallest absolute Gasteiger partial charge is 0.165 e. The first kappa shape index (κ1) is 17.3. The van der Waals surface area contributed by atoms with Gasteiger partial charge in [-0.2, -0.15) is 0 Å². The summed E-state index contributed by atoms with van der Waals surface area (Å²) in [5.74, 6) is -1.18. The average molecular weight is 340 g/mol. The first-order valence-corrected chi connectivity index (χ1v) is 8.22. The molecule has 132 valence electrons. The molecule has 1 saturated heterocycles. The maximum atomic E-state index is 14.3. The van der Waals surface area contributed by atoms with E-state index in [-0.39, 0.29) is 29.1 Å². The van der Waals surface area contributed by atoms with Crippen molar-refractivity contribution in [2.24, 2.45) is 5.92 Å². The van der Waals surface area contributed by atoms with Gasteiger partial charge in [0, 0.05) is 18.9 Å². The highest BCUT2D eigenvalue weighted by Crippen LogP contribution is 2.45. The molecule has 2 unspecified atom stereocenters. The predicted octanol–water partition coefficient (Wildman–Crippen LogP) is 3.41. The molecule has 0 aromatic heterocycles. The van der Waals surface area contributed by atoms with E-state index in [1.54, 1.807) is 6.92 Å².